The lowest BCUT2D eigenvalue weighted by atomic mass is 9.84. The molecule has 0 radical (unpaired) electrons. The van der Waals surface area contributed by atoms with Crippen LogP contribution in [0.15, 0.2) is 18.2 Å². The maximum Gasteiger partial charge on any atom is 0.256 e. The predicted molar refractivity (Wildman–Crippen MR) is 111 cm³/mol. The van der Waals surface area contributed by atoms with Crippen molar-refractivity contribution in [3.05, 3.63) is 23.2 Å². The van der Waals surface area contributed by atoms with Gasteiger partial charge in [0, 0.05) is 19.9 Å². The third kappa shape index (κ3) is 7.32. The van der Waals surface area contributed by atoms with Crippen LogP contribution in [0.3, 0.4) is 0 Å². The van der Waals surface area contributed by atoms with Crippen LogP contribution in [0.2, 0.25) is 5.02 Å². The number of ether oxygens (including phenoxy) is 3. The van der Waals surface area contributed by atoms with E-state index in [1.165, 1.54) is 0 Å². The molecular formula is C21H34ClNO4. The molecule has 0 bridgehead atoms. The highest BCUT2D eigenvalue weighted by molar-refractivity contribution is 6.32. The summed E-state index contributed by atoms with van der Waals surface area (Å²) in [6.07, 6.45) is 1.18. The first kappa shape index (κ1) is 23.7. The summed E-state index contributed by atoms with van der Waals surface area (Å²) in [6.45, 7) is 10.7. The summed E-state index contributed by atoms with van der Waals surface area (Å²) < 4.78 is 16.6. The van der Waals surface area contributed by atoms with Crippen LogP contribution < -0.4 is 10.1 Å². The molecule has 1 rings (SSSR count). The van der Waals surface area contributed by atoms with Gasteiger partial charge in [0.15, 0.2) is 0 Å². The molecule has 5 nitrogen and oxygen atoms in total. The lowest BCUT2D eigenvalue weighted by Gasteiger charge is -2.34. The summed E-state index contributed by atoms with van der Waals surface area (Å²) in [6, 6.07) is 5.23. The van der Waals surface area contributed by atoms with Gasteiger partial charge in [-0.3, -0.25) is 4.79 Å². The van der Waals surface area contributed by atoms with E-state index in [2.05, 4.69) is 33.0 Å². The second-order valence-electron chi connectivity index (χ2n) is 7.88. The second kappa shape index (κ2) is 10.9. The summed E-state index contributed by atoms with van der Waals surface area (Å²) in [7, 11) is 3.22. The molecule has 0 saturated heterocycles. The average molecular weight is 400 g/mol. The van der Waals surface area contributed by atoms with Crippen molar-refractivity contribution < 1.29 is 19.0 Å². The number of nitrogens with one attached hydrogen (secondary N) is 1. The largest absolute Gasteiger partial charge is 0.487 e. The highest BCUT2D eigenvalue weighted by Gasteiger charge is 2.39. The fourth-order valence-corrected chi connectivity index (χ4v) is 3.48. The Balaban J connectivity index is 2.96. The van der Waals surface area contributed by atoms with Crippen molar-refractivity contribution >= 4 is 23.2 Å². The van der Waals surface area contributed by atoms with Gasteiger partial charge < -0.3 is 19.5 Å². The Morgan fingerprint density at radius 3 is 2.15 bits per heavy atom. The van der Waals surface area contributed by atoms with Gasteiger partial charge in [-0.25, -0.2) is 0 Å². The van der Waals surface area contributed by atoms with Crippen LogP contribution >= 0.6 is 11.6 Å². The van der Waals surface area contributed by atoms with Crippen molar-refractivity contribution in [3.8, 4) is 5.75 Å². The Morgan fingerprint density at radius 2 is 1.70 bits per heavy atom. The van der Waals surface area contributed by atoms with Crippen molar-refractivity contribution in [3.63, 3.8) is 0 Å². The molecule has 0 aliphatic carbocycles. The van der Waals surface area contributed by atoms with Crippen LogP contribution in [-0.2, 0) is 14.3 Å². The molecule has 27 heavy (non-hydrogen) atoms. The van der Waals surface area contributed by atoms with Crippen molar-refractivity contribution in [1.29, 1.82) is 0 Å². The van der Waals surface area contributed by atoms with Crippen molar-refractivity contribution in [2.75, 3.05) is 26.1 Å². The van der Waals surface area contributed by atoms with Gasteiger partial charge in [-0.1, -0.05) is 39.3 Å². The van der Waals surface area contributed by atoms with Crippen LogP contribution in [0.4, 0.5) is 5.69 Å². The minimum absolute atomic E-state index is 0.119. The normalized spacial score (nSPS) is 13.1. The smallest absolute Gasteiger partial charge is 0.256 e. The molecule has 1 atom stereocenters. The number of carbonyl (C=O) groups is 1. The van der Waals surface area contributed by atoms with Crippen molar-refractivity contribution in [1.82, 2.24) is 0 Å². The quantitative estimate of drug-likeness (QED) is 0.557. The lowest BCUT2D eigenvalue weighted by molar-refractivity contribution is -0.142. The standard InChI is InChI=1S/C21H34ClNO4/c1-14(2)11-21(26-7,12-15(3)4)20(24)23-17-8-9-19(18(22)10-17)27-16(5)13-25-6/h8-10,14-16H,11-13H2,1-7H3,(H,23,24)/t16-/m1/s1. The number of methoxy groups -OCH3 is 2. The Labute approximate surface area is 168 Å². The highest BCUT2D eigenvalue weighted by Crippen LogP contribution is 2.32. The van der Waals surface area contributed by atoms with E-state index in [1.54, 1.807) is 32.4 Å². The summed E-state index contributed by atoms with van der Waals surface area (Å²) in [5.41, 5.74) is -0.248. The van der Waals surface area contributed by atoms with E-state index in [0.29, 0.717) is 47.7 Å². The average Bonchev–Trinajstić information content (AvgIpc) is 2.55. The molecule has 0 spiro atoms. The topological polar surface area (TPSA) is 56.8 Å². The Hall–Kier alpha value is -1.30. The first-order chi connectivity index (χ1) is 12.6. The van der Waals surface area contributed by atoms with E-state index >= 15 is 0 Å². The zero-order valence-corrected chi connectivity index (χ0v) is 18.4. The minimum atomic E-state index is -0.864. The van der Waals surface area contributed by atoms with E-state index in [9.17, 15) is 4.79 Å². The SMILES string of the molecule is COC[C@@H](C)Oc1ccc(NC(=O)C(CC(C)C)(CC(C)C)OC)cc1Cl. The maximum atomic E-state index is 13.1. The molecule has 0 unspecified atom stereocenters. The number of amides is 1. The predicted octanol–water partition coefficient (Wildman–Crippen LogP) is 5.17. The molecule has 1 amide bonds. The summed E-state index contributed by atoms with van der Waals surface area (Å²) in [4.78, 5) is 13.1. The zero-order valence-electron chi connectivity index (χ0n) is 17.6. The zero-order chi connectivity index (χ0) is 20.6. The molecule has 1 aromatic carbocycles. The van der Waals surface area contributed by atoms with Gasteiger partial charge in [0.25, 0.3) is 5.91 Å². The number of benzene rings is 1. The van der Waals surface area contributed by atoms with E-state index in [4.69, 9.17) is 25.8 Å². The first-order valence-corrected chi connectivity index (χ1v) is 9.83. The fourth-order valence-electron chi connectivity index (χ4n) is 3.25. The van der Waals surface area contributed by atoms with Crippen LogP contribution in [0, 0.1) is 11.8 Å². The van der Waals surface area contributed by atoms with Gasteiger partial charge in [0.1, 0.15) is 17.5 Å². The molecule has 1 N–H and O–H groups in total. The van der Waals surface area contributed by atoms with E-state index in [0.717, 1.165) is 0 Å². The molecule has 0 saturated carbocycles. The van der Waals surface area contributed by atoms with Gasteiger partial charge in [0.2, 0.25) is 0 Å². The summed E-state index contributed by atoms with van der Waals surface area (Å²) in [5.74, 6) is 1.07. The van der Waals surface area contributed by atoms with Gasteiger partial charge in [-0.15, -0.1) is 0 Å². The maximum absolute atomic E-state index is 13.1. The van der Waals surface area contributed by atoms with Gasteiger partial charge in [0.05, 0.1) is 11.6 Å². The molecule has 1 aromatic rings. The Bertz CT molecular complexity index is 594. The Kier molecular flexibility index (Phi) is 9.57. The third-order valence-corrected chi connectivity index (χ3v) is 4.50. The molecule has 0 aliphatic rings. The van der Waals surface area contributed by atoms with Gasteiger partial charge in [-0.05, 0) is 49.8 Å². The highest BCUT2D eigenvalue weighted by atomic mass is 35.5. The van der Waals surface area contributed by atoms with Crippen molar-refractivity contribution in [2.24, 2.45) is 11.8 Å². The molecule has 6 heteroatoms. The van der Waals surface area contributed by atoms with E-state index < -0.39 is 5.60 Å². The van der Waals surface area contributed by atoms with Crippen molar-refractivity contribution in [2.45, 2.75) is 59.2 Å². The second-order valence-corrected chi connectivity index (χ2v) is 8.28. The molecule has 154 valence electrons. The van der Waals surface area contributed by atoms with Crippen LogP contribution in [-0.4, -0.2) is 38.4 Å². The fraction of sp³-hybridized carbons (Fsp3) is 0.667. The van der Waals surface area contributed by atoms with Crippen LogP contribution in [0.25, 0.3) is 0 Å². The molecule has 0 fully saturated rings. The first-order valence-electron chi connectivity index (χ1n) is 9.45. The summed E-state index contributed by atoms with van der Waals surface area (Å²) in [5, 5.41) is 3.40. The third-order valence-electron chi connectivity index (χ3n) is 4.20. The number of hydrogen-bond donors (Lipinski definition) is 1. The van der Waals surface area contributed by atoms with E-state index in [1.807, 2.05) is 6.92 Å². The number of hydrogen-bond acceptors (Lipinski definition) is 4. The van der Waals surface area contributed by atoms with Crippen LogP contribution in [0.5, 0.6) is 5.75 Å². The Morgan fingerprint density at radius 1 is 1.11 bits per heavy atom. The summed E-state index contributed by atoms with van der Waals surface area (Å²) >= 11 is 6.33. The van der Waals surface area contributed by atoms with Crippen LogP contribution in [0.1, 0.15) is 47.5 Å². The lowest BCUT2D eigenvalue weighted by Crippen LogP contribution is -2.46. The molecule has 0 aliphatic heterocycles. The van der Waals surface area contributed by atoms with Gasteiger partial charge in [-0.2, -0.15) is 0 Å². The molecule has 0 aromatic heterocycles. The number of carbonyl (C=O) groups excluding carboxylic acids is 1. The molecular weight excluding hydrogens is 366 g/mol. The number of halogens is 1. The van der Waals surface area contributed by atoms with Gasteiger partial charge >= 0.3 is 0 Å². The number of rotatable bonds is 11. The monoisotopic (exact) mass is 399 g/mol. The minimum Gasteiger partial charge on any atom is -0.487 e. The molecule has 0 heterocycles. The number of anilines is 1. The van der Waals surface area contributed by atoms with E-state index in [-0.39, 0.29) is 12.0 Å².